The Kier molecular flexibility index (Phi) is 5.25. The molecule has 20 heavy (non-hydrogen) atoms. The molecule has 112 valence electrons. The first-order chi connectivity index (χ1) is 9.40. The van der Waals surface area contributed by atoms with Crippen molar-refractivity contribution >= 4 is 33.2 Å². The summed E-state index contributed by atoms with van der Waals surface area (Å²) >= 11 is 11.5. The van der Waals surface area contributed by atoms with Gasteiger partial charge in [0.05, 0.1) is 11.1 Å². The lowest BCUT2D eigenvalue weighted by molar-refractivity contribution is 0.130. The molecule has 1 aliphatic rings. The number of nitrogens with zero attached hydrogens (tertiary/aromatic N) is 1. The van der Waals surface area contributed by atoms with E-state index >= 15 is 0 Å². The summed E-state index contributed by atoms with van der Waals surface area (Å²) < 4.78 is 27.0. The molecule has 0 aromatic carbocycles. The summed E-state index contributed by atoms with van der Waals surface area (Å²) in [6.07, 6.45) is 4.52. The predicted octanol–water partition coefficient (Wildman–Crippen LogP) is 2.36. The molecular weight excluding hydrogens is 323 g/mol. The zero-order valence-electron chi connectivity index (χ0n) is 10.7. The van der Waals surface area contributed by atoms with Crippen LogP contribution in [0.4, 0.5) is 0 Å². The van der Waals surface area contributed by atoms with Gasteiger partial charge in [-0.05, 0) is 18.9 Å². The van der Waals surface area contributed by atoms with Crippen LogP contribution in [0.2, 0.25) is 10.2 Å². The van der Waals surface area contributed by atoms with Gasteiger partial charge in [0.15, 0.2) is 0 Å². The number of aliphatic hydroxyl groups excluding tert-OH is 1. The van der Waals surface area contributed by atoms with Crippen molar-refractivity contribution in [1.82, 2.24) is 9.71 Å². The maximum atomic E-state index is 12.3. The SMILES string of the molecule is O=S(=O)(NC1CCCCCC1O)c1cnc(Cl)c(Cl)c1. The number of nitrogens with one attached hydrogen (secondary N) is 1. The molecule has 0 bridgehead atoms. The van der Waals surface area contributed by atoms with E-state index in [-0.39, 0.29) is 15.1 Å². The fourth-order valence-corrected chi connectivity index (χ4v) is 3.85. The Morgan fingerprint density at radius 3 is 2.65 bits per heavy atom. The van der Waals surface area contributed by atoms with E-state index in [9.17, 15) is 13.5 Å². The van der Waals surface area contributed by atoms with Crippen LogP contribution in [-0.4, -0.2) is 30.7 Å². The standard InChI is InChI=1S/C12H16Cl2N2O3S/c13-9-6-8(7-15-12(9)14)20(18,19)16-10-4-2-1-3-5-11(10)17/h6-7,10-11,16-17H,1-5H2. The molecule has 1 aromatic rings. The van der Waals surface area contributed by atoms with Crippen LogP contribution in [0.5, 0.6) is 0 Å². The minimum atomic E-state index is -3.76. The van der Waals surface area contributed by atoms with E-state index in [4.69, 9.17) is 23.2 Å². The number of rotatable bonds is 3. The van der Waals surface area contributed by atoms with Crippen LogP contribution in [0, 0.1) is 0 Å². The van der Waals surface area contributed by atoms with Gasteiger partial charge in [0.1, 0.15) is 10.0 Å². The van der Waals surface area contributed by atoms with Crippen LogP contribution in [-0.2, 0) is 10.0 Å². The summed E-state index contributed by atoms with van der Waals surface area (Å²) in [6.45, 7) is 0. The summed E-state index contributed by atoms with van der Waals surface area (Å²) in [5, 5.41) is 10.1. The monoisotopic (exact) mass is 338 g/mol. The van der Waals surface area contributed by atoms with Gasteiger partial charge in [0.2, 0.25) is 10.0 Å². The molecule has 2 unspecified atom stereocenters. The number of hydrogen-bond donors (Lipinski definition) is 2. The van der Waals surface area contributed by atoms with Crippen molar-refractivity contribution in [2.45, 2.75) is 49.1 Å². The molecule has 1 aromatic heterocycles. The van der Waals surface area contributed by atoms with Gasteiger partial charge in [-0.2, -0.15) is 0 Å². The second-order valence-corrected chi connectivity index (χ2v) is 7.36. The molecule has 2 N–H and O–H groups in total. The highest BCUT2D eigenvalue weighted by Gasteiger charge is 2.27. The molecule has 2 rings (SSSR count). The van der Waals surface area contributed by atoms with E-state index in [2.05, 4.69) is 9.71 Å². The van der Waals surface area contributed by atoms with Crippen LogP contribution in [0.3, 0.4) is 0 Å². The van der Waals surface area contributed by atoms with Gasteiger partial charge in [-0.25, -0.2) is 18.1 Å². The molecule has 1 fully saturated rings. The Hall–Kier alpha value is -0.400. The zero-order valence-corrected chi connectivity index (χ0v) is 13.0. The first-order valence-electron chi connectivity index (χ1n) is 6.41. The lowest BCUT2D eigenvalue weighted by Gasteiger charge is -2.21. The van der Waals surface area contributed by atoms with Crippen LogP contribution < -0.4 is 4.72 Å². The molecule has 0 aliphatic heterocycles. The summed E-state index contributed by atoms with van der Waals surface area (Å²) in [4.78, 5) is 3.67. The van der Waals surface area contributed by atoms with E-state index in [1.807, 2.05) is 0 Å². The Morgan fingerprint density at radius 2 is 1.95 bits per heavy atom. The molecule has 8 heteroatoms. The number of hydrogen-bond acceptors (Lipinski definition) is 4. The Labute approximate surface area is 128 Å². The summed E-state index contributed by atoms with van der Waals surface area (Å²) in [7, 11) is -3.76. The molecule has 2 atom stereocenters. The molecule has 0 radical (unpaired) electrons. The normalized spacial score (nSPS) is 24.4. The lowest BCUT2D eigenvalue weighted by Crippen LogP contribution is -2.42. The predicted molar refractivity (Wildman–Crippen MR) is 77.5 cm³/mol. The summed E-state index contributed by atoms with van der Waals surface area (Å²) in [5.41, 5.74) is 0. The van der Waals surface area contributed by atoms with Crippen molar-refractivity contribution < 1.29 is 13.5 Å². The summed E-state index contributed by atoms with van der Waals surface area (Å²) in [6, 6.07) is 0.777. The van der Waals surface area contributed by atoms with E-state index < -0.39 is 22.2 Å². The average Bonchev–Trinajstić information content (AvgIpc) is 2.58. The zero-order chi connectivity index (χ0) is 14.8. The first-order valence-corrected chi connectivity index (χ1v) is 8.65. The number of halogens is 2. The maximum Gasteiger partial charge on any atom is 0.242 e. The van der Waals surface area contributed by atoms with E-state index in [1.165, 1.54) is 6.07 Å². The second kappa shape index (κ2) is 6.58. The van der Waals surface area contributed by atoms with Crippen molar-refractivity contribution in [1.29, 1.82) is 0 Å². The molecule has 0 saturated heterocycles. The van der Waals surface area contributed by atoms with Crippen molar-refractivity contribution in [3.05, 3.63) is 22.4 Å². The quantitative estimate of drug-likeness (QED) is 0.654. The van der Waals surface area contributed by atoms with Gasteiger partial charge >= 0.3 is 0 Å². The van der Waals surface area contributed by atoms with Crippen molar-refractivity contribution in [2.75, 3.05) is 0 Å². The first kappa shape index (κ1) is 16.0. The topological polar surface area (TPSA) is 79.3 Å². The molecule has 0 amide bonds. The third-order valence-electron chi connectivity index (χ3n) is 3.37. The lowest BCUT2D eigenvalue weighted by atomic mass is 10.1. The van der Waals surface area contributed by atoms with Gasteiger partial charge in [0, 0.05) is 12.2 Å². The fourth-order valence-electron chi connectivity index (χ4n) is 2.24. The van der Waals surface area contributed by atoms with Gasteiger partial charge < -0.3 is 5.11 Å². The third-order valence-corrected chi connectivity index (χ3v) is 5.51. The van der Waals surface area contributed by atoms with Crippen LogP contribution in [0.15, 0.2) is 17.2 Å². The van der Waals surface area contributed by atoms with Crippen molar-refractivity contribution in [2.24, 2.45) is 0 Å². The van der Waals surface area contributed by atoms with Crippen LogP contribution >= 0.6 is 23.2 Å². The Morgan fingerprint density at radius 1 is 1.25 bits per heavy atom. The Bertz CT molecular complexity index is 580. The minimum Gasteiger partial charge on any atom is -0.391 e. The molecule has 1 saturated carbocycles. The number of sulfonamides is 1. The van der Waals surface area contributed by atoms with Gasteiger partial charge in [0.25, 0.3) is 0 Å². The van der Waals surface area contributed by atoms with Crippen LogP contribution in [0.25, 0.3) is 0 Å². The Balaban J connectivity index is 2.19. The average molecular weight is 339 g/mol. The van der Waals surface area contributed by atoms with E-state index in [0.717, 1.165) is 25.5 Å². The van der Waals surface area contributed by atoms with Crippen molar-refractivity contribution in [3.63, 3.8) is 0 Å². The number of aromatic nitrogens is 1. The van der Waals surface area contributed by atoms with E-state index in [1.54, 1.807) is 0 Å². The highest BCUT2D eigenvalue weighted by Crippen LogP contribution is 2.24. The van der Waals surface area contributed by atoms with Crippen molar-refractivity contribution in [3.8, 4) is 0 Å². The third kappa shape index (κ3) is 3.83. The largest absolute Gasteiger partial charge is 0.391 e. The van der Waals surface area contributed by atoms with Gasteiger partial charge in [-0.3, -0.25) is 0 Å². The van der Waals surface area contributed by atoms with E-state index in [0.29, 0.717) is 12.8 Å². The summed E-state index contributed by atoms with van der Waals surface area (Å²) in [5.74, 6) is 0. The molecule has 1 aliphatic carbocycles. The number of pyridine rings is 1. The molecular formula is C12H16Cl2N2O3S. The minimum absolute atomic E-state index is 0.0525. The fraction of sp³-hybridized carbons (Fsp3) is 0.583. The molecule has 5 nitrogen and oxygen atoms in total. The highest BCUT2D eigenvalue weighted by molar-refractivity contribution is 7.89. The second-order valence-electron chi connectivity index (χ2n) is 4.88. The maximum absolute atomic E-state index is 12.3. The smallest absolute Gasteiger partial charge is 0.242 e. The molecule has 0 spiro atoms. The number of aliphatic hydroxyl groups is 1. The van der Waals surface area contributed by atoms with Gasteiger partial charge in [-0.15, -0.1) is 0 Å². The highest BCUT2D eigenvalue weighted by atomic mass is 35.5. The van der Waals surface area contributed by atoms with Crippen LogP contribution in [0.1, 0.15) is 32.1 Å². The molecule has 1 heterocycles. The van der Waals surface area contributed by atoms with Gasteiger partial charge in [-0.1, -0.05) is 42.5 Å².